The number of piperazine rings is 1. The van der Waals surface area contributed by atoms with Gasteiger partial charge in [0.25, 0.3) is 0 Å². The maximum absolute atomic E-state index is 11.6. The summed E-state index contributed by atoms with van der Waals surface area (Å²) in [5.41, 5.74) is 2.51. The van der Waals surface area contributed by atoms with Crippen molar-refractivity contribution in [1.29, 1.82) is 0 Å². The van der Waals surface area contributed by atoms with E-state index in [0.717, 1.165) is 59.6 Å². The molecule has 5 rings (SSSR count). The van der Waals surface area contributed by atoms with Gasteiger partial charge in [0, 0.05) is 42.4 Å². The van der Waals surface area contributed by atoms with E-state index in [9.17, 15) is 4.79 Å². The SMILES string of the molecule is Cc1ccc2c(c1)Oc1sc(C3CC3)cc1C(N1CCN(CC(C)(C)C(=O)[OH2+])CC1)=N2. The zero-order valence-electron chi connectivity index (χ0n) is 18.4. The number of aryl methyl sites for hydroxylation is 1. The van der Waals surface area contributed by atoms with E-state index in [-0.39, 0.29) is 0 Å². The lowest BCUT2D eigenvalue weighted by Gasteiger charge is -2.38. The monoisotopic (exact) mass is 440 g/mol. The Bertz CT molecular complexity index is 1050. The zero-order chi connectivity index (χ0) is 21.8. The Morgan fingerprint density at radius 1 is 1.23 bits per heavy atom. The second-order valence-corrected chi connectivity index (χ2v) is 10.7. The van der Waals surface area contributed by atoms with E-state index in [2.05, 4.69) is 34.9 Å². The first kappa shape index (κ1) is 20.5. The number of amidine groups is 1. The molecule has 0 bridgehead atoms. The van der Waals surface area contributed by atoms with Gasteiger partial charge in [-0.05, 0) is 63.3 Å². The second kappa shape index (κ2) is 7.64. The van der Waals surface area contributed by atoms with E-state index < -0.39 is 11.4 Å². The highest BCUT2D eigenvalue weighted by atomic mass is 32.1. The molecule has 31 heavy (non-hydrogen) atoms. The van der Waals surface area contributed by atoms with Crippen LogP contribution in [0.1, 0.15) is 48.6 Å². The molecule has 0 atom stereocenters. The quantitative estimate of drug-likeness (QED) is 0.674. The molecule has 2 aliphatic heterocycles. The average Bonchev–Trinajstić information content (AvgIpc) is 3.51. The summed E-state index contributed by atoms with van der Waals surface area (Å²) in [6, 6.07) is 8.49. The van der Waals surface area contributed by atoms with E-state index in [1.807, 2.05) is 19.9 Å². The Balaban J connectivity index is 1.42. The lowest BCUT2D eigenvalue weighted by molar-refractivity contribution is -0.148. The van der Waals surface area contributed by atoms with Crippen LogP contribution in [0, 0.1) is 12.3 Å². The maximum atomic E-state index is 11.6. The van der Waals surface area contributed by atoms with Crippen LogP contribution in [0.2, 0.25) is 0 Å². The standard InChI is InChI=1S/C24H29N3O3S/c1-15-4-7-18-19(12-15)30-22-17(13-20(31-22)16-5-6-16)21(25-18)27-10-8-26(9-11-27)14-24(2,3)23(28)29/h4,7,12-13,16H,5-6,8-11,14H2,1-3H3,(H,28,29)/p+1. The van der Waals surface area contributed by atoms with Crippen molar-refractivity contribution >= 4 is 28.8 Å². The van der Waals surface area contributed by atoms with Gasteiger partial charge in [-0.3, -0.25) is 4.90 Å². The van der Waals surface area contributed by atoms with E-state index in [1.54, 1.807) is 11.3 Å². The topological polar surface area (TPSA) is 68.0 Å². The van der Waals surface area contributed by atoms with Crippen molar-refractivity contribution < 1.29 is 14.6 Å². The van der Waals surface area contributed by atoms with Crippen LogP contribution in [-0.2, 0) is 4.79 Å². The van der Waals surface area contributed by atoms with Gasteiger partial charge in [-0.15, -0.1) is 11.3 Å². The summed E-state index contributed by atoms with van der Waals surface area (Å²) < 4.78 is 6.38. The third-order valence-corrected chi connectivity index (χ3v) is 7.56. The van der Waals surface area contributed by atoms with Crippen molar-refractivity contribution in [3.63, 3.8) is 0 Å². The van der Waals surface area contributed by atoms with Crippen LogP contribution in [0.3, 0.4) is 0 Å². The number of aliphatic imine (C=N–C) groups is 1. The molecule has 3 aliphatic rings. The molecule has 1 aromatic heterocycles. The number of hydrogen-bond donors (Lipinski definition) is 0. The van der Waals surface area contributed by atoms with E-state index >= 15 is 0 Å². The molecule has 1 aromatic carbocycles. The van der Waals surface area contributed by atoms with Crippen molar-refractivity contribution in [2.24, 2.45) is 10.4 Å². The maximum Gasteiger partial charge on any atom is 0.522 e. The van der Waals surface area contributed by atoms with Gasteiger partial charge in [-0.1, -0.05) is 6.07 Å². The molecular formula is C24H30N3O3S+. The van der Waals surface area contributed by atoms with Gasteiger partial charge in [0.15, 0.2) is 10.8 Å². The molecule has 1 saturated heterocycles. The first-order valence-electron chi connectivity index (χ1n) is 11.0. The number of rotatable bonds is 4. The summed E-state index contributed by atoms with van der Waals surface area (Å²) in [5.74, 6) is 2.01. The van der Waals surface area contributed by atoms with Crippen LogP contribution in [0.15, 0.2) is 29.3 Å². The number of fused-ring (bicyclic) bond motifs is 2. The Kier molecular flexibility index (Phi) is 5.06. The molecule has 0 spiro atoms. The fraction of sp³-hybridized carbons (Fsp3) is 0.500. The molecule has 1 aliphatic carbocycles. The van der Waals surface area contributed by atoms with Crippen molar-refractivity contribution in [3.05, 3.63) is 40.3 Å². The van der Waals surface area contributed by atoms with Crippen LogP contribution < -0.4 is 4.74 Å². The summed E-state index contributed by atoms with van der Waals surface area (Å²) in [4.78, 5) is 22.8. The van der Waals surface area contributed by atoms with Crippen LogP contribution in [0.5, 0.6) is 10.8 Å². The van der Waals surface area contributed by atoms with Crippen LogP contribution in [0.25, 0.3) is 0 Å². The molecule has 7 heteroatoms. The van der Waals surface area contributed by atoms with Gasteiger partial charge in [-0.2, -0.15) is 0 Å². The molecule has 0 radical (unpaired) electrons. The Morgan fingerprint density at radius 3 is 2.65 bits per heavy atom. The minimum Gasteiger partial charge on any atom is -0.564 e. The predicted octanol–water partition coefficient (Wildman–Crippen LogP) is 4.01. The fourth-order valence-electron chi connectivity index (χ4n) is 4.25. The highest BCUT2D eigenvalue weighted by Crippen LogP contribution is 2.50. The second-order valence-electron chi connectivity index (χ2n) is 9.61. The third-order valence-electron chi connectivity index (χ3n) is 6.39. The lowest BCUT2D eigenvalue weighted by Crippen LogP contribution is -2.51. The van der Waals surface area contributed by atoms with E-state index in [4.69, 9.17) is 14.8 Å². The highest BCUT2D eigenvalue weighted by Gasteiger charge is 2.38. The third kappa shape index (κ3) is 4.08. The predicted molar refractivity (Wildman–Crippen MR) is 124 cm³/mol. The Morgan fingerprint density at radius 2 is 1.97 bits per heavy atom. The van der Waals surface area contributed by atoms with Crippen molar-refractivity contribution in [2.75, 3.05) is 32.7 Å². The smallest absolute Gasteiger partial charge is 0.522 e. The number of thiophene rings is 1. The first-order valence-corrected chi connectivity index (χ1v) is 11.9. The van der Waals surface area contributed by atoms with Crippen LogP contribution in [0.4, 0.5) is 5.69 Å². The minimum atomic E-state index is -0.633. The van der Waals surface area contributed by atoms with Gasteiger partial charge in [0.05, 0.1) is 5.56 Å². The molecule has 6 nitrogen and oxygen atoms in total. The van der Waals surface area contributed by atoms with Gasteiger partial charge in [-0.25, -0.2) is 4.99 Å². The number of nitrogens with zero attached hydrogens (tertiary/aromatic N) is 3. The van der Waals surface area contributed by atoms with Crippen molar-refractivity contribution in [3.8, 4) is 10.8 Å². The molecule has 3 heterocycles. The van der Waals surface area contributed by atoms with Gasteiger partial charge >= 0.3 is 5.97 Å². The molecule has 1 saturated carbocycles. The number of carbonyl (C=O) groups is 1. The van der Waals surface area contributed by atoms with E-state index in [0.29, 0.717) is 12.5 Å². The first-order chi connectivity index (χ1) is 14.8. The summed E-state index contributed by atoms with van der Waals surface area (Å²) in [5, 5.41) is 8.48. The Hall–Kier alpha value is -2.38. The van der Waals surface area contributed by atoms with Crippen LogP contribution >= 0.6 is 11.3 Å². The molecule has 2 aromatic rings. The highest BCUT2D eigenvalue weighted by molar-refractivity contribution is 7.14. The zero-order valence-corrected chi connectivity index (χ0v) is 19.2. The molecule has 0 amide bonds. The van der Waals surface area contributed by atoms with Gasteiger partial charge in [0.2, 0.25) is 0 Å². The normalized spacial score (nSPS) is 19.2. The summed E-state index contributed by atoms with van der Waals surface area (Å²) in [6.45, 7) is 9.81. The average molecular weight is 441 g/mol. The number of ether oxygens (including phenoxy) is 1. The lowest BCUT2D eigenvalue weighted by atomic mass is 9.93. The number of benzene rings is 1. The van der Waals surface area contributed by atoms with E-state index in [1.165, 1.54) is 17.7 Å². The van der Waals surface area contributed by atoms with Crippen LogP contribution in [-0.4, -0.2) is 59.4 Å². The van der Waals surface area contributed by atoms with Crippen molar-refractivity contribution in [2.45, 2.75) is 39.5 Å². The minimum absolute atomic E-state index is 0.498. The molecule has 0 unspecified atom stereocenters. The summed E-state index contributed by atoms with van der Waals surface area (Å²) in [6.07, 6.45) is 2.54. The number of hydrogen-bond acceptors (Lipinski definition) is 6. The molecular weight excluding hydrogens is 410 g/mol. The van der Waals surface area contributed by atoms with Crippen molar-refractivity contribution in [1.82, 2.24) is 9.80 Å². The molecule has 164 valence electrons. The Labute approximate surface area is 187 Å². The number of carbonyl (C=O) groups excluding carboxylic acids is 1. The summed E-state index contributed by atoms with van der Waals surface area (Å²) in [7, 11) is 0. The molecule has 2 N–H and O–H groups in total. The van der Waals surface area contributed by atoms with Gasteiger partial charge in [0.1, 0.15) is 16.9 Å². The largest absolute Gasteiger partial charge is 0.564 e. The van der Waals surface area contributed by atoms with Gasteiger partial charge < -0.3 is 14.7 Å². The molecule has 2 fully saturated rings. The summed E-state index contributed by atoms with van der Waals surface area (Å²) >= 11 is 1.77. The fourth-order valence-corrected chi connectivity index (χ4v) is 5.44.